The maximum Gasteiger partial charge on any atom is 0.422 e. The van der Waals surface area contributed by atoms with E-state index >= 15 is 0 Å². The van der Waals surface area contributed by atoms with Gasteiger partial charge in [-0.2, -0.15) is 13.2 Å². The number of carboxylic acids is 1. The van der Waals surface area contributed by atoms with Crippen LogP contribution in [0.15, 0.2) is 42.5 Å². The molecule has 0 radical (unpaired) electrons. The van der Waals surface area contributed by atoms with E-state index in [0.29, 0.717) is 25.9 Å². The van der Waals surface area contributed by atoms with Crippen LogP contribution in [-0.4, -0.2) is 66.5 Å². The zero-order valence-electron chi connectivity index (χ0n) is 19.7. The summed E-state index contributed by atoms with van der Waals surface area (Å²) in [6, 6.07) is 11.2. The second-order valence-electron chi connectivity index (χ2n) is 8.70. The summed E-state index contributed by atoms with van der Waals surface area (Å²) in [6.07, 6.45) is -4.23. The van der Waals surface area contributed by atoms with Crippen molar-refractivity contribution < 1.29 is 46.9 Å². The molecule has 1 saturated heterocycles. The van der Waals surface area contributed by atoms with Crippen molar-refractivity contribution in [1.29, 1.82) is 0 Å². The predicted molar refractivity (Wildman–Crippen MR) is 124 cm³/mol. The van der Waals surface area contributed by atoms with Gasteiger partial charge in [0, 0.05) is 36.3 Å². The van der Waals surface area contributed by atoms with Gasteiger partial charge in [0.2, 0.25) is 5.91 Å². The molecule has 2 aromatic carbocycles. The fourth-order valence-corrected chi connectivity index (χ4v) is 4.38. The van der Waals surface area contributed by atoms with E-state index in [0.717, 1.165) is 17.3 Å². The van der Waals surface area contributed by atoms with Crippen LogP contribution in [0, 0.1) is 0 Å². The number of carbonyl (C=O) groups is 3. The fraction of sp³-hybridized carbons (Fsp3) is 0.400. The Morgan fingerprint density at radius 2 is 1.81 bits per heavy atom. The largest absolute Gasteiger partial charge is 0.484 e. The lowest BCUT2D eigenvalue weighted by Crippen LogP contribution is -2.50. The highest BCUT2D eigenvalue weighted by Gasteiger charge is 2.35. The smallest absolute Gasteiger partial charge is 0.422 e. The second-order valence-corrected chi connectivity index (χ2v) is 8.70. The van der Waals surface area contributed by atoms with Crippen LogP contribution in [0.5, 0.6) is 11.5 Å². The minimum absolute atomic E-state index is 0.00490. The van der Waals surface area contributed by atoms with Crippen LogP contribution in [0.2, 0.25) is 0 Å². The first kappa shape index (κ1) is 26.1. The number of hydrogen-bond donors (Lipinski definition) is 1. The van der Waals surface area contributed by atoms with Crippen molar-refractivity contribution in [3.8, 4) is 11.5 Å². The highest BCUT2D eigenvalue weighted by molar-refractivity contribution is 5.91. The van der Waals surface area contributed by atoms with E-state index in [4.69, 9.17) is 19.3 Å². The van der Waals surface area contributed by atoms with Gasteiger partial charge in [0.1, 0.15) is 18.1 Å². The third-order valence-electron chi connectivity index (χ3n) is 6.12. The number of ether oxygens (including phenoxy) is 3. The van der Waals surface area contributed by atoms with Gasteiger partial charge < -0.3 is 24.2 Å². The van der Waals surface area contributed by atoms with Crippen molar-refractivity contribution in [3.05, 3.63) is 53.6 Å². The quantitative estimate of drug-likeness (QED) is 0.563. The Hall–Kier alpha value is -3.96. The first-order chi connectivity index (χ1) is 17.6. The number of hydrogen-bond acceptors (Lipinski definition) is 6. The summed E-state index contributed by atoms with van der Waals surface area (Å²) in [6.45, 7) is -1.33. The average Bonchev–Trinajstić information content (AvgIpc) is 2.86. The van der Waals surface area contributed by atoms with Gasteiger partial charge in [-0.25, -0.2) is 9.59 Å². The summed E-state index contributed by atoms with van der Waals surface area (Å²) >= 11 is 0. The lowest BCUT2D eigenvalue weighted by molar-refractivity contribution is -0.153. The second kappa shape index (κ2) is 11.0. The van der Waals surface area contributed by atoms with Crippen molar-refractivity contribution in [2.45, 2.75) is 38.1 Å². The lowest BCUT2D eigenvalue weighted by Gasteiger charge is -2.40. The number of cyclic esters (lactones) is 1. The Balaban J connectivity index is 1.41. The molecule has 0 aromatic heterocycles. The monoisotopic (exact) mass is 522 g/mol. The summed E-state index contributed by atoms with van der Waals surface area (Å²) in [5.74, 6) is -1.76. The third kappa shape index (κ3) is 6.63. The van der Waals surface area contributed by atoms with Crippen LogP contribution >= 0.6 is 0 Å². The topological polar surface area (TPSA) is 106 Å². The molecule has 0 spiro atoms. The molecule has 12 heteroatoms. The van der Waals surface area contributed by atoms with Crippen LogP contribution in [0.4, 0.5) is 23.7 Å². The summed E-state index contributed by atoms with van der Waals surface area (Å²) in [4.78, 5) is 39.4. The summed E-state index contributed by atoms with van der Waals surface area (Å²) < 4.78 is 53.4. The third-order valence-corrected chi connectivity index (χ3v) is 6.12. The SMILES string of the molecule is O=C(O)COc1ccc(CC(=O)N2CCC(N3C(=O)OCc4ccccc43)CC2)c(OCC(F)(F)F)c1. The van der Waals surface area contributed by atoms with E-state index in [1.807, 2.05) is 24.3 Å². The molecule has 0 bridgehead atoms. The van der Waals surface area contributed by atoms with Gasteiger partial charge in [-0.3, -0.25) is 9.69 Å². The number of rotatable bonds is 8. The molecule has 2 aliphatic heterocycles. The summed E-state index contributed by atoms with van der Waals surface area (Å²) in [7, 11) is 0. The average molecular weight is 522 g/mol. The number of carboxylic acid groups (broad SMARTS) is 1. The standard InChI is InChI=1S/C25H25F3N2O7/c26-25(27,28)15-37-21-12-19(35-14-23(32)33)6-5-16(21)11-22(31)29-9-7-18(8-10-29)30-20-4-2-1-3-17(20)13-36-24(30)34/h1-6,12,18H,7-11,13-15H2,(H,32,33). The van der Waals surface area contributed by atoms with Gasteiger partial charge in [-0.05, 0) is 25.0 Å². The summed E-state index contributed by atoms with van der Waals surface area (Å²) in [5, 5.41) is 8.75. The van der Waals surface area contributed by atoms with Gasteiger partial charge >= 0.3 is 18.2 Å². The summed E-state index contributed by atoms with van der Waals surface area (Å²) in [5.41, 5.74) is 1.91. The molecule has 0 unspecified atom stereocenters. The Kier molecular flexibility index (Phi) is 7.74. The van der Waals surface area contributed by atoms with Gasteiger partial charge in [0.25, 0.3) is 0 Å². The van der Waals surface area contributed by atoms with Crippen molar-refractivity contribution in [1.82, 2.24) is 4.90 Å². The predicted octanol–water partition coefficient (Wildman–Crippen LogP) is 3.78. The number of amides is 2. The Morgan fingerprint density at radius 1 is 1.08 bits per heavy atom. The number of nitrogens with zero attached hydrogens (tertiary/aromatic N) is 2. The van der Waals surface area contributed by atoms with E-state index in [-0.39, 0.29) is 42.0 Å². The van der Waals surface area contributed by atoms with Crippen LogP contribution in [0.25, 0.3) is 0 Å². The van der Waals surface area contributed by atoms with E-state index in [9.17, 15) is 27.6 Å². The van der Waals surface area contributed by atoms with Gasteiger partial charge in [0.15, 0.2) is 13.2 Å². The number of fused-ring (bicyclic) bond motifs is 1. The molecule has 37 heavy (non-hydrogen) atoms. The number of para-hydroxylation sites is 1. The molecule has 0 atom stereocenters. The van der Waals surface area contributed by atoms with Gasteiger partial charge in [0.05, 0.1) is 12.1 Å². The van der Waals surface area contributed by atoms with Crippen molar-refractivity contribution >= 4 is 23.7 Å². The Morgan fingerprint density at radius 3 is 2.51 bits per heavy atom. The molecule has 0 saturated carbocycles. The number of carbonyl (C=O) groups excluding carboxylic acids is 2. The van der Waals surface area contributed by atoms with Crippen molar-refractivity contribution in [2.75, 3.05) is 31.2 Å². The van der Waals surface area contributed by atoms with Crippen molar-refractivity contribution in [3.63, 3.8) is 0 Å². The van der Waals surface area contributed by atoms with E-state index in [2.05, 4.69) is 0 Å². The van der Waals surface area contributed by atoms with Gasteiger partial charge in [-0.15, -0.1) is 0 Å². The molecule has 1 N–H and O–H groups in total. The normalized spacial score (nSPS) is 16.1. The van der Waals surface area contributed by atoms with Crippen LogP contribution in [0.1, 0.15) is 24.0 Å². The molecule has 198 valence electrons. The van der Waals surface area contributed by atoms with Crippen molar-refractivity contribution in [2.24, 2.45) is 0 Å². The Labute approximate surface area is 210 Å². The van der Waals surface area contributed by atoms with Crippen LogP contribution < -0.4 is 14.4 Å². The Bertz CT molecular complexity index is 1160. The maximum atomic E-state index is 13.0. The number of anilines is 1. The molecule has 4 rings (SSSR count). The van der Waals surface area contributed by atoms with Crippen LogP contribution in [0.3, 0.4) is 0 Å². The number of alkyl halides is 3. The first-order valence-corrected chi connectivity index (χ1v) is 11.6. The number of piperidine rings is 1. The number of aliphatic carboxylic acids is 1. The number of halogens is 3. The van der Waals surface area contributed by atoms with E-state index in [1.54, 1.807) is 9.80 Å². The van der Waals surface area contributed by atoms with Gasteiger partial charge in [-0.1, -0.05) is 24.3 Å². The minimum atomic E-state index is -4.60. The highest BCUT2D eigenvalue weighted by atomic mass is 19.4. The fourth-order valence-electron chi connectivity index (χ4n) is 4.38. The molecule has 2 amide bonds. The molecule has 0 aliphatic carbocycles. The molecular formula is C25H25F3N2O7. The lowest BCUT2D eigenvalue weighted by atomic mass is 10.00. The van der Waals surface area contributed by atoms with E-state index < -0.39 is 31.5 Å². The zero-order chi connectivity index (χ0) is 26.6. The molecular weight excluding hydrogens is 497 g/mol. The number of benzene rings is 2. The highest BCUT2D eigenvalue weighted by Crippen LogP contribution is 2.32. The maximum absolute atomic E-state index is 13.0. The molecule has 2 aromatic rings. The minimum Gasteiger partial charge on any atom is -0.484 e. The van der Waals surface area contributed by atoms with E-state index in [1.165, 1.54) is 12.1 Å². The zero-order valence-corrected chi connectivity index (χ0v) is 19.7. The molecule has 9 nitrogen and oxygen atoms in total. The number of likely N-dealkylation sites (tertiary alicyclic amines) is 1. The molecule has 1 fully saturated rings. The van der Waals surface area contributed by atoms with Crippen LogP contribution in [-0.2, 0) is 27.4 Å². The molecule has 2 heterocycles. The first-order valence-electron chi connectivity index (χ1n) is 11.6. The molecule has 2 aliphatic rings.